The van der Waals surface area contributed by atoms with Crippen LogP contribution in [0.3, 0.4) is 0 Å². The summed E-state index contributed by atoms with van der Waals surface area (Å²) in [7, 11) is 0. The Balaban J connectivity index is 1.90. The van der Waals surface area contributed by atoms with Crippen LogP contribution >= 0.6 is 0 Å². The monoisotopic (exact) mass is 288 g/mol. The third-order valence-electron chi connectivity index (χ3n) is 3.31. The van der Waals surface area contributed by atoms with Crippen molar-refractivity contribution in [2.45, 2.75) is 46.3 Å². The van der Waals surface area contributed by atoms with E-state index in [0.29, 0.717) is 19.5 Å². The Kier molecular flexibility index (Phi) is 5.33. The van der Waals surface area contributed by atoms with Crippen LogP contribution in [0.4, 0.5) is 0 Å². The molecule has 0 bridgehead atoms. The van der Waals surface area contributed by atoms with Crippen molar-refractivity contribution < 1.29 is 4.79 Å². The van der Waals surface area contributed by atoms with Gasteiger partial charge in [-0.1, -0.05) is 12.1 Å². The van der Waals surface area contributed by atoms with E-state index < -0.39 is 0 Å². The molecule has 0 saturated carbocycles. The predicted octanol–water partition coefficient (Wildman–Crippen LogP) is 2.06. The molecule has 2 rings (SSSR count). The first-order valence-corrected chi connectivity index (χ1v) is 7.56. The zero-order chi connectivity index (χ0) is 15.2. The fourth-order valence-corrected chi connectivity index (χ4v) is 2.41. The van der Waals surface area contributed by atoms with Crippen molar-refractivity contribution >= 4 is 16.9 Å². The summed E-state index contributed by atoms with van der Waals surface area (Å²) in [6.07, 6.45) is 0.491. The van der Waals surface area contributed by atoms with Gasteiger partial charge in [-0.25, -0.2) is 4.98 Å². The largest absolute Gasteiger partial charge is 0.354 e. The molecule has 0 spiro atoms. The number of imidazole rings is 1. The molecular formula is C16H24N4O. The smallest absolute Gasteiger partial charge is 0.221 e. The quantitative estimate of drug-likeness (QED) is 0.767. The molecule has 1 heterocycles. The summed E-state index contributed by atoms with van der Waals surface area (Å²) in [5, 5.41) is 6.18. The van der Waals surface area contributed by atoms with Crippen LogP contribution in [-0.4, -0.2) is 28.0 Å². The second kappa shape index (κ2) is 7.22. The fourth-order valence-electron chi connectivity index (χ4n) is 2.41. The minimum absolute atomic E-state index is 0.0847. The number of para-hydroxylation sites is 2. The van der Waals surface area contributed by atoms with Crippen LogP contribution in [0.2, 0.25) is 0 Å². The SMILES string of the molecule is CCn1c(CNCCC(=O)NC(C)C)nc2ccccc21. The first-order chi connectivity index (χ1) is 10.1. The topological polar surface area (TPSA) is 59.0 Å². The Morgan fingerprint density at radius 1 is 1.33 bits per heavy atom. The van der Waals surface area contributed by atoms with Gasteiger partial charge in [0.15, 0.2) is 0 Å². The van der Waals surface area contributed by atoms with E-state index >= 15 is 0 Å². The lowest BCUT2D eigenvalue weighted by Gasteiger charge is -2.09. The number of rotatable bonds is 7. The maximum absolute atomic E-state index is 11.6. The number of aromatic nitrogens is 2. The summed E-state index contributed by atoms with van der Waals surface area (Å²) in [5.74, 6) is 1.10. The third kappa shape index (κ3) is 4.04. The number of hydrogen-bond donors (Lipinski definition) is 2. The number of nitrogens with one attached hydrogen (secondary N) is 2. The number of fused-ring (bicyclic) bond motifs is 1. The zero-order valence-corrected chi connectivity index (χ0v) is 13.0. The van der Waals surface area contributed by atoms with E-state index in [1.807, 2.05) is 32.0 Å². The Morgan fingerprint density at radius 2 is 2.10 bits per heavy atom. The normalized spacial score (nSPS) is 11.2. The highest BCUT2D eigenvalue weighted by Gasteiger charge is 2.08. The number of nitrogens with zero attached hydrogens (tertiary/aromatic N) is 2. The molecular weight excluding hydrogens is 264 g/mol. The summed E-state index contributed by atoms with van der Waals surface area (Å²) in [4.78, 5) is 16.2. The van der Waals surface area contributed by atoms with Crippen molar-refractivity contribution in [2.75, 3.05) is 6.54 Å². The number of carbonyl (C=O) groups is 1. The lowest BCUT2D eigenvalue weighted by atomic mass is 10.3. The summed E-state index contributed by atoms with van der Waals surface area (Å²) < 4.78 is 2.20. The Bertz CT molecular complexity index is 603. The van der Waals surface area contributed by atoms with E-state index in [0.717, 1.165) is 23.4 Å². The molecule has 1 aromatic carbocycles. The molecule has 1 aromatic heterocycles. The average molecular weight is 288 g/mol. The number of hydrogen-bond acceptors (Lipinski definition) is 3. The van der Waals surface area contributed by atoms with Gasteiger partial charge in [-0.2, -0.15) is 0 Å². The molecule has 114 valence electrons. The van der Waals surface area contributed by atoms with Gasteiger partial charge >= 0.3 is 0 Å². The van der Waals surface area contributed by atoms with Gasteiger partial charge in [0, 0.05) is 25.6 Å². The Hall–Kier alpha value is -1.88. The summed E-state index contributed by atoms with van der Waals surface area (Å²) in [6.45, 7) is 8.28. The number of amides is 1. The van der Waals surface area contributed by atoms with Crippen LogP contribution < -0.4 is 10.6 Å². The molecule has 2 N–H and O–H groups in total. The number of benzene rings is 1. The molecule has 0 aliphatic heterocycles. The van der Waals surface area contributed by atoms with Gasteiger partial charge in [-0.05, 0) is 32.9 Å². The molecule has 2 aromatic rings. The van der Waals surface area contributed by atoms with Crippen LogP contribution in [-0.2, 0) is 17.9 Å². The zero-order valence-electron chi connectivity index (χ0n) is 13.0. The maximum Gasteiger partial charge on any atom is 0.221 e. The van der Waals surface area contributed by atoms with Gasteiger partial charge < -0.3 is 15.2 Å². The van der Waals surface area contributed by atoms with Gasteiger partial charge in [0.05, 0.1) is 17.6 Å². The van der Waals surface area contributed by atoms with E-state index in [1.165, 1.54) is 0 Å². The minimum atomic E-state index is 0.0847. The van der Waals surface area contributed by atoms with Crippen molar-refractivity contribution in [2.24, 2.45) is 0 Å². The molecule has 0 fully saturated rings. The van der Waals surface area contributed by atoms with Gasteiger partial charge in [0.25, 0.3) is 0 Å². The molecule has 21 heavy (non-hydrogen) atoms. The second-order valence-corrected chi connectivity index (χ2v) is 5.41. The molecule has 1 amide bonds. The first-order valence-electron chi connectivity index (χ1n) is 7.56. The summed E-state index contributed by atoms with van der Waals surface area (Å²) in [6, 6.07) is 8.35. The van der Waals surface area contributed by atoms with Crippen LogP contribution in [0.5, 0.6) is 0 Å². The van der Waals surface area contributed by atoms with Crippen molar-refractivity contribution in [1.29, 1.82) is 0 Å². The molecule has 0 saturated heterocycles. The fraction of sp³-hybridized carbons (Fsp3) is 0.500. The third-order valence-corrected chi connectivity index (χ3v) is 3.31. The van der Waals surface area contributed by atoms with Gasteiger partial charge in [0.2, 0.25) is 5.91 Å². The van der Waals surface area contributed by atoms with Crippen LogP contribution in [0.15, 0.2) is 24.3 Å². The van der Waals surface area contributed by atoms with Crippen molar-refractivity contribution in [1.82, 2.24) is 20.2 Å². The van der Waals surface area contributed by atoms with Gasteiger partial charge in [0.1, 0.15) is 5.82 Å². The van der Waals surface area contributed by atoms with Crippen LogP contribution in [0.25, 0.3) is 11.0 Å². The van der Waals surface area contributed by atoms with Crippen molar-refractivity contribution in [3.63, 3.8) is 0 Å². The van der Waals surface area contributed by atoms with E-state index in [-0.39, 0.29) is 11.9 Å². The Labute approximate surface area is 125 Å². The van der Waals surface area contributed by atoms with Gasteiger partial charge in [-0.15, -0.1) is 0 Å². The molecule has 0 aliphatic carbocycles. The highest BCUT2D eigenvalue weighted by molar-refractivity contribution is 5.76. The lowest BCUT2D eigenvalue weighted by Crippen LogP contribution is -2.32. The summed E-state index contributed by atoms with van der Waals surface area (Å²) >= 11 is 0. The first kappa shape index (κ1) is 15.5. The summed E-state index contributed by atoms with van der Waals surface area (Å²) in [5.41, 5.74) is 2.18. The van der Waals surface area contributed by atoms with Gasteiger partial charge in [-0.3, -0.25) is 4.79 Å². The number of aryl methyl sites for hydroxylation is 1. The average Bonchev–Trinajstić information content (AvgIpc) is 2.80. The van der Waals surface area contributed by atoms with E-state index in [9.17, 15) is 4.79 Å². The number of carbonyl (C=O) groups excluding carboxylic acids is 1. The molecule has 0 unspecified atom stereocenters. The van der Waals surface area contributed by atoms with E-state index in [2.05, 4.69) is 33.2 Å². The maximum atomic E-state index is 11.6. The molecule has 5 nitrogen and oxygen atoms in total. The van der Waals surface area contributed by atoms with Crippen molar-refractivity contribution in [3.05, 3.63) is 30.1 Å². The van der Waals surface area contributed by atoms with Crippen LogP contribution in [0.1, 0.15) is 33.0 Å². The van der Waals surface area contributed by atoms with Crippen LogP contribution in [0, 0.1) is 0 Å². The molecule has 0 radical (unpaired) electrons. The predicted molar refractivity (Wildman–Crippen MR) is 85.0 cm³/mol. The highest BCUT2D eigenvalue weighted by atomic mass is 16.1. The molecule has 5 heteroatoms. The lowest BCUT2D eigenvalue weighted by molar-refractivity contribution is -0.121. The van der Waals surface area contributed by atoms with Crippen molar-refractivity contribution in [3.8, 4) is 0 Å². The van der Waals surface area contributed by atoms with E-state index in [4.69, 9.17) is 0 Å². The standard InChI is InChI=1S/C16H24N4O/c1-4-20-14-8-6-5-7-13(14)19-15(20)11-17-10-9-16(21)18-12(2)3/h5-8,12,17H,4,9-11H2,1-3H3,(H,18,21). The second-order valence-electron chi connectivity index (χ2n) is 5.41. The highest BCUT2D eigenvalue weighted by Crippen LogP contribution is 2.15. The van der Waals surface area contributed by atoms with E-state index in [1.54, 1.807) is 0 Å². The molecule has 0 aliphatic rings. The minimum Gasteiger partial charge on any atom is -0.354 e. The molecule has 0 atom stereocenters. The Morgan fingerprint density at radius 3 is 2.81 bits per heavy atom.